The fourth-order valence-corrected chi connectivity index (χ4v) is 1.50. The molecule has 0 aromatic carbocycles. The zero-order valence-electron chi connectivity index (χ0n) is 11.8. The molecule has 0 unspecified atom stereocenters. The Kier molecular flexibility index (Phi) is 6.21. The third-order valence-corrected chi connectivity index (χ3v) is 3.01. The number of nitrogens with one attached hydrogen (secondary N) is 1. The highest BCUT2D eigenvalue weighted by Crippen LogP contribution is 2.03. The zero-order valence-corrected chi connectivity index (χ0v) is 11.8. The Morgan fingerprint density at radius 3 is 2.63 bits per heavy atom. The second-order valence-electron chi connectivity index (χ2n) is 4.82. The van der Waals surface area contributed by atoms with Crippen LogP contribution in [0.1, 0.15) is 37.2 Å². The number of anilines is 1. The summed E-state index contributed by atoms with van der Waals surface area (Å²) in [6, 6.07) is 3.66. The molecule has 1 aromatic heterocycles. The van der Waals surface area contributed by atoms with Gasteiger partial charge in [-0.15, -0.1) is 10.2 Å². The lowest BCUT2D eigenvalue weighted by molar-refractivity contribution is 0.0689. The lowest BCUT2D eigenvalue weighted by Gasteiger charge is -2.20. The average Bonchev–Trinajstić information content (AvgIpc) is 2.38. The van der Waals surface area contributed by atoms with Crippen molar-refractivity contribution in [1.29, 1.82) is 0 Å². The minimum atomic E-state index is -1.06. The third-order valence-electron chi connectivity index (χ3n) is 3.01. The van der Waals surface area contributed by atoms with Gasteiger partial charge in [0.05, 0.1) is 0 Å². The number of carboxylic acids is 1. The molecule has 0 atom stereocenters. The van der Waals surface area contributed by atoms with Crippen LogP contribution >= 0.6 is 0 Å². The van der Waals surface area contributed by atoms with E-state index in [4.69, 9.17) is 5.11 Å². The highest BCUT2D eigenvalue weighted by molar-refractivity contribution is 5.85. The Labute approximate surface area is 113 Å². The van der Waals surface area contributed by atoms with Crippen molar-refractivity contribution in [1.82, 2.24) is 15.1 Å². The summed E-state index contributed by atoms with van der Waals surface area (Å²) in [5.41, 5.74) is -0.0379. The van der Waals surface area contributed by atoms with E-state index in [0.29, 0.717) is 11.9 Å². The minimum absolute atomic E-state index is 0.0379. The second kappa shape index (κ2) is 7.68. The van der Waals surface area contributed by atoms with E-state index in [1.54, 1.807) is 6.07 Å². The van der Waals surface area contributed by atoms with Gasteiger partial charge >= 0.3 is 5.97 Å². The summed E-state index contributed by atoms with van der Waals surface area (Å²) in [7, 11) is 2.12. The summed E-state index contributed by atoms with van der Waals surface area (Å²) in [4.78, 5) is 12.9. The molecule has 0 spiro atoms. The SMILES string of the molecule is CC(C)N(C)CCCCNc1ccc(C(=O)O)nn1. The Morgan fingerprint density at radius 2 is 2.11 bits per heavy atom. The van der Waals surface area contributed by atoms with Crippen molar-refractivity contribution in [2.24, 2.45) is 0 Å². The smallest absolute Gasteiger partial charge is 0.356 e. The van der Waals surface area contributed by atoms with Crippen molar-refractivity contribution in [2.45, 2.75) is 32.7 Å². The van der Waals surface area contributed by atoms with E-state index in [-0.39, 0.29) is 5.69 Å². The molecule has 0 aliphatic rings. The summed E-state index contributed by atoms with van der Waals surface area (Å²) in [5, 5.41) is 19.2. The van der Waals surface area contributed by atoms with Gasteiger partial charge in [0, 0.05) is 12.6 Å². The lowest BCUT2D eigenvalue weighted by atomic mass is 10.2. The van der Waals surface area contributed by atoms with Crippen LogP contribution in [0.15, 0.2) is 12.1 Å². The maximum absolute atomic E-state index is 10.6. The monoisotopic (exact) mass is 266 g/mol. The normalized spacial score (nSPS) is 11.0. The number of unbranched alkanes of at least 4 members (excludes halogenated alkanes) is 1. The molecule has 6 heteroatoms. The predicted octanol–water partition coefficient (Wildman–Crippen LogP) is 1.71. The van der Waals surface area contributed by atoms with Crippen LogP contribution in [0.2, 0.25) is 0 Å². The van der Waals surface area contributed by atoms with Crippen molar-refractivity contribution < 1.29 is 9.90 Å². The molecule has 1 aromatic rings. The molecule has 19 heavy (non-hydrogen) atoms. The van der Waals surface area contributed by atoms with Crippen LogP contribution in [0.25, 0.3) is 0 Å². The molecular weight excluding hydrogens is 244 g/mol. The van der Waals surface area contributed by atoms with E-state index in [9.17, 15) is 4.79 Å². The van der Waals surface area contributed by atoms with Gasteiger partial charge in [0.1, 0.15) is 5.82 Å². The van der Waals surface area contributed by atoms with Gasteiger partial charge in [-0.05, 0) is 52.4 Å². The van der Waals surface area contributed by atoms with E-state index < -0.39 is 5.97 Å². The van der Waals surface area contributed by atoms with E-state index in [1.807, 2.05) is 0 Å². The summed E-state index contributed by atoms with van der Waals surface area (Å²) in [6.07, 6.45) is 2.15. The van der Waals surface area contributed by atoms with E-state index in [2.05, 4.69) is 41.3 Å². The second-order valence-corrected chi connectivity index (χ2v) is 4.82. The molecule has 0 bridgehead atoms. The van der Waals surface area contributed by atoms with Crippen molar-refractivity contribution in [3.05, 3.63) is 17.8 Å². The molecule has 0 saturated heterocycles. The van der Waals surface area contributed by atoms with E-state index in [1.165, 1.54) is 6.07 Å². The number of rotatable bonds is 8. The van der Waals surface area contributed by atoms with Gasteiger partial charge in [0.2, 0.25) is 0 Å². The maximum Gasteiger partial charge on any atom is 0.356 e. The van der Waals surface area contributed by atoms with Gasteiger partial charge in [-0.2, -0.15) is 0 Å². The fourth-order valence-electron chi connectivity index (χ4n) is 1.50. The van der Waals surface area contributed by atoms with Gasteiger partial charge in [-0.3, -0.25) is 0 Å². The van der Waals surface area contributed by atoms with Crippen molar-refractivity contribution in [2.75, 3.05) is 25.5 Å². The molecule has 0 fully saturated rings. The first kappa shape index (κ1) is 15.4. The first-order valence-corrected chi connectivity index (χ1v) is 6.52. The Balaban J connectivity index is 2.21. The zero-order chi connectivity index (χ0) is 14.3. The summed E-state index contributed by atoms with van der Waals surface area (Å²) in [5.74, 6) is -0.446. The molecule has 106 valence electrons. The van der Waals surface area contributed by atoms with Crippen LogP contribution in [0.3, 0.4) is 0 Å². The molecule has 0 aliphatic carbocycles. The maximum atomic E-state index is 10.6. The topological polar surface area (TPSA) is 78.4 Å². The average molecular weight is 266 g/mol. The Hall–Kier alpha value is -1.69. The minimum Gasteiger partial charge on any atom is -0.476 e. The highest BCUT2D eigenvalue weighted by Gasteiger charge is 2.05. The quantitative estimate of drug-likeness (QED) is 0.697. The Morgan fingerprint density at radius 1 is 1.37 bits per heavy atom. The summed E-state index contributed by atoms with van der Waals surface area (Å²) in [6.45, 7) is 6.24. The third kappa shape index (κ3) is 5.65. The molecule has 6 nitrogen and oxygen atoms in total. The molecule has 1 heterocycles. The van der Waals surface area contributed by atoms with Gasteiger partial charge < -0.3 is 15.3 Å². The first-order chi connectivity index (χ1) is 9.00. The van der Waals surface area contributed by atoms with Crippen molar-refractivity contribution >= 4 is 11.8 Å². The van der Waals surface area contributed by atoms with Crippen LogP contribution in [0, 0.1) is 0 Å². The van der Waals surface area contributed by atoms with E-state index in [0.717, 1.165) is 25.9 Å². The van der Waals surface area contributed by atoms with Crippen LogP contribution < -0.4 is 5.32 Å². The lowest BCUT2D eigenvalue weighted by Crippen LogP contribution is -2.27. The number of aromatic carboxylic acids is 1. The molecule has 1 rings (SSSR count). The van der Waals surface area contributed by atoms with Crippen molar-refractivity contribution in [3.63, 3.8) is 0 Å². The number of carbonyl (C=O) groups is 1. The van der Waals surface area contributed by atoms with Gasteiger partial charge in [0.25, 0.3) is 0 Å². The number of hydrogen-bond donors (Lipinski definition) is 2. The molecule has 2 N–H and O–H groups in total. The van der Waals surface area contributed by atoms with E-state index >= 15 is 0 Å². The van der Waals surface area contributed by atoms with Crippen LogP contribution in [0.4, 0.5) is 5.82 Å². The van der Waals surface area contributed by atoms with Crippen LogP contribution in [-0.4, -0.2) is 52.4 Å². The van der Waals surface area contributed by atoms with Gasteiger partial charge in [0.15, 0.2) is 5.69 Å². The summed E-state index contributed by atoms with van der Waals surface area (Å²) >= 11 is 0. The largest absolute Gasteiger partial charge is 0.476 e. The molecule has 0 radical (unpaired) electrons. The molecule has 0 aliphatic heterocycles. The number of aromatic nitrogens is 2. The molecule has 0 amide bonds. The van der Waals surface area contributed by atoms with Crippen LogP contribution in [-0.2, 0) is 0 Å². The number of carboxylic acid groups (broad SMARTS) is 1. The molecular formula is C13H22N4O2. The number of hydrogen-bond acceptors (Lipinski definition) is 5. The van der Waals surface area contributed by atoms with Crippen molar-refractivity contribution in [3.8, 4) is 0 Å². The fraction of sp³-hybridized carbons (Fsp3) is 0.615. The van der Waals surface area contributed by atoms with Gasteiger partial charge in [-0.1, -0.05) is 0 Å². The van der Waals surface area contributed by atoms with Crippen LogP contribution in [0.5, 0.6) is 0 Å². The predicted molar refractivity (Wildman–Crippen MR) is 74.5 cm³/mol. The Bertz CT molecular complexity index is 392. The number of nitrogens with zero attached hydrogens (tertiary/aromatic N) is 3. The highest BCUT2D eigenvalue weighted by atomic mass is 16.4. The summed E-state index contributed by atoms with van der Waals surface area (Å²) < 4.78 is 0. The molecule has 0 saturated carbocycles. The van der Waals surface area contributed by atoms with Gasteiger partial charge in [-0.25, -0.2) is 4.79 Å². The first-order valence-electron chi connectivity index (χ1n) is 6.52. The standard InChI is InChI=1S/C13H22N4O2/c1-10(2)17(3)9-5-4-8-14-12-7-6-11(13(18)19)15-16-12/h6-7,10H,4-5,8-9H2,1-3H3,(H,14,16)(H,18,19).